The maximum atomic E-state index is 13.7. The fourth-order valence-electron chi connectivity index (χ4n) is 2.03. The number of carbonyl (C=O) groups is 1. The van der Waals surface area contributed by atoms with E-state index in [9.17, 15) is 9.18 Å². The van der Waals surface area contributed by atoms with Crippen molar-refractivity contribution in [3.8, 4) is 0 Å². The molecule has 0 fully saturated rings. The van der Waals surface area contributed by atoms with Crippen LogP contribution < -0.4 is 11.1 Å². The second-order valence-corrected chi connectivity index (χ2v) is 5.84. The highest BCUT2D eigenvalue weighted by Crippen LogP contribution is 2.25. The molecule has 0 atom stereocenters. The molecule has 3 aromatic rings. The molecule has 0 bridgehead atoms. The smallest absolute Gasteiger partial charge is 0.258 e. The minimum absolute atomic E-state index is 0.0735. The third-order valence-corrected chi connectivity index (χ3v) is 3.92. The number of amides is 1. The highest BCUT2D eigenvalue weighted by Gasteiger charge is 2.13. The van der Waals surface area contributed by atoms with Crippen molar-refractivity contribution in [2.75, 3.05) is 11.1 Å². The number of nitrogen functional groups attached to an aromatic ring is 1. The summed E-state index contributed by atoms with van der Waals surface area (Å²) in [6.45, 7) is 1.92. The SMILES string of the molecule is Cc1nc2ccc(NC(=O)c3cc(N)ccc3F)cc2s1. The molecule has 1 amide bonds. The average Bonchev–Trinajstić information content (AvgIpc) is 2.80. The van der Waals surface area contributed by atoms with Crippen LogP contribution in [0, 0.1) is 12.7 Å². The zero-order chi connectivity index (χ0) is 15.0. The number of fused-ring (bicyclic) bond motifs is 1. The largest absolute Gasteiger partial charge is 0.399 e. The minimum Gasteiger partial charge on any atom is -0.399 e. The molecule has 2 aromatic carbocycles. The minimum atomic E-state index is -0.601. The average molecular weight is 301 g/mol. The van der Waals surface area contributed by atoms with E-state index in [0.29, 0.717) is 11.4 Å². The Labute approximate surface area is 124 Å². The molecule has 3 N–H and O–H groups in total. The van der Waals surface area contributed by atoms with Gasteiger partial charge < -0.3 is 11.1 Å². The van der Waals surface area contributed by atoms with Crippen molar-refractivity contribution < 1.29 is 9.18 Å². The first-order valence-electron chi connectivity index (χ1n) is 6.26. The molecule has 21 heavy (non-hydrogen) atoms. The number of nitrogens with two attached hydrogens (primary N) is 1. The summed E-state index contributed by atoms with van der Waals surface area (Å²) in [7, 11) is 0. The maximum absolute atomic E-state index is 13.7. The highest BCUT2D eigenvalue weighted by molar-refractivity contribution is 7.18. The van der Waals surface area contributed by atoms with E-state index >= 15 is 0 Å². The molecular formula is C15H12FN3OS. The van der Waals surface area contributed by atoms with E-state index < -0.39 is 11.7 Å². The fourth-order valence-corrected chi connectivity index (χ4v) is 2.90. The lowest BCUT2D eigenvalue weighted by Crippen LogP contribution is -2.14. The van der Waals surface area contributed by atoms with Gasteiger partial charge >= 0.3 is 0 Å². The van der Waals surface area contributed by atoms with Gasteiger partial charge in [0.05, 0.1) is 20.8 Å². The summed E-state index contributed by atoms with van der Waals surface area (Å²) < 4.78 is 14.6. The van der Waals surface area contributed by atoms with E-state index in [-0.39, 0.29) is 5.56 Å². The van der Waals surface area contributed by atoms with Crippen molar-refractivity contribution in [3.05, 3.63) is 52.8 Å². The van der Waals surface area contributed by atoms with Crippen molar-refractivity contribution >= 4 is 38.8 Å². The lowest BCUT2D eigenvalue weighted by molar-refractivity contribution is 0.102. The number of thiazole rings is 1. The Morgan fingerprint density at radius 3 is 2.90 bits per heavy atom. The predicted molar refractivity (Wildman–Crippen MR) is 83.1 cm³/mol. The van der Waals surface area contributed by atoms with Crippen molar-refractivity contribution in [3.63, 3.8) is 0 Å². The molecule has 0 saturated carbocycles. The van der Waals surface area contributed by atoms with Crippen LogP contribution in [0.5, 0.6) is 0 Å². The number of benzene rings is 2. The lowest BCUT2D eigenvalue weighted by Gasteiger charge is -2.07. The van der Waals surface area contributed by atoms with Crippen LogP contribution in [-0.4, -0.2) is 10.9 Å². The lowest BCUT2D eigenvalue weighted by atomic mass is 10.1. The van der Waals surface area contributed by atoms with Gasteiger partial charge in [0, 0.05) is 11.4 Å². The van der Waals surface area contributed by atoms with E-state index in [0.717, 1.165) is 15.2 Å². The molecule has 0 saturated heterocycles. The summed E-state index contributed by atoms with van der Waals surface area (Å²) >= 11 is 1.54. The number of aryl methyl sites for hydroxylation is 1. The molecule has 0 aliphatic heterocycles. The topological polar surface area (TPSA) is 68.0 Å². The molecule has 0 aliphatic carbocycles. The molecular weight excluding hydrogens is 289 g/mol. The van der Waals surface area contributed by atoms with E-state index in [1.807, 2.05) is 19.1 Å². The van der Waals surface area contributed by atoms with Crippen LogP contribution in [-0.2, 0) is 0 Å². The Morgan fingerprint density at radius 1 is 1.29 bits per heavy atom. The molecule has 0 unspecified atom stereocenters. The Morgan fingerprint density at radius 2 is 2.10 bits per heavy atom. The van der Waals surface area contributed by atoms with Gasteiger partial charge in [-0.05, 0) is 43.3 Å². The number of carbonyl (C=O) groups excluding carboxylic acids is 1. The Hall–Kier alpha value is -2.47. The normalized spacial score (nSPS) is 10.8. The van der Waals surface area contributed by atoms with Crippen LogP contribution in [0.4, 0.5) is 15.8 Å². The number of halogens is 1. The summed E-state index contributed by atoms with van der Waals surface area (Å²) in [4.78, 5) is 16.5. The monoisotopic (exact) mass is 301 g/mol. The summed E-state index contributed by atoms with van der Waals surface area (Å²) in [6.07, 6.45) is 0. The van der Waals surface area contributed by atoms with Gasteiger partial charge in [0.25, 0.3) is 5.91 Å². The number of nitrogens with one attached hydrogen (secondary N) is 1. The van der Waals surface area contributed by atoms with Crippen LogP contribution in [0.25, 0.3) is 10.2 Å². The Balaban J connectivity index is 1.90. The first-order chi connectivity index (χ1) is 10.0. The number of anilines is 2. The molecule has 4 nitrogen and oxygen atoms in total. The van der Waals surface area contributed by atoms with Gasteiger partial charge in [0.2, 0.25) is 0 Å². The van der Waals surface area contributed by atoms with Gasteiger partial charge in [-0.25, -0.2) is 9.37 Å². The third kappa shape index (κ3) is 2.71. The van der Waals surface area contributed by atoms with Crippen molar-refractivity contribution in [1.29, 1.82) is 0 Å². The van der Waals surface area contributed by atoms with Gasteiger partial charge in [-0.3, -0.25) is 4.79 Å². The van der Waals surface area contributed by atoms with E-state index in [1.165, 1.54) is 29.5 Å². The molecule has 6 heteroatoms. The molecule has 1 aromatic heterocycles. The van der Waals surface area contributed by atoms with Gasteiger partial charge in [-0.15, -0.1) is 11.3 Å². The second-order valence-electron chi connectivity index (χ2n) is 4.61. The van der Waals surface area contributed by atoms with Gasteiger partial charge in [-0.1, -0.05) is 0 Å². The van der Waals surface area contributed by atoms with Crippen LogP contribution in [0.3, 0.4) is 0 Å². The number of rotatable bonds is 2. The van der Waals surface area contributed by atoms with Crippen LogP contribution >= 0.6 is 11.3 Å². The number of nitrogens with zero attached hydrogens (tertiary/aromatic N) is 1. The first kappa shape index (κ1) is 13.5. The van der Waals surface area contributed by atoms with Gasteiger partial charge in [-0.2, -0.15) is 0 Å². The van der Waals surface area contributed by atoms with Gasteiger partial charge in [0.1, 0.15) is 5.82 Å². The van der Waals surface area contributed by atoms with Gasteiger partial charge in [0.15, 0.2) is 0 Å². The summed E-state index contributed by atoms with van der Waals surface area (Å²) in [5.74, 6) is -1.13. The number of hydrogen-bond acceptors (Lipinski definition) is 4. The summed E-state index contributed by atoms with van der Waals surface area (Å²) in [5.41, 5.74) is 7.33. The predicted octanol–water partition coefficient (Wildman–Crippen LogP) is 3.58. The first-order valence-corrected chi connectivity index (χ1v) is 7.08. The zero-order valence-electron chi connectivity index (χ0n) is 11.2. The summed E-state index contributed by atoms with van der Waals surface area (Å²) in [6, 6.07) is 9.30. The molecule has 106 valence electrons. The van der Waals surface area contributed by atoms with E-state index in [2.05, 4.69) is 10.3 Å². The number of aromatic nitrogens is 1. The van der Waals surface area contributed by atoms with Crippen molar-refractivity contribution in [2.45, 2.75) is 6.92 Å². The van der Waals surface area contributed by atoms with Crippen LogP contribution in [0.1, 0.15) is 15.4 Å². The quantitative estimate of drug-likeness (QED) is 0.711. The highest BCUT2D eigenvalue weighted by atomic mass is 32.1. The van der Waals surface area contributed by atoms with Crippen LogP contribution in [0.15, 0.2) is 36.4 Å². The van der Waals surface area contributed by atoms with Crippen LogP contribution in [0.2, 0.25) is 0 Å². The molecule has 0 radical (unpaired) electrons. The Kier molecular flexibility index (Phi) is 3.31. The van der Waals surface area contributed by atoms with Crippen molar-refractivity contribution in [2.24, 2.45) is 0 Å². The third-order valence-electron chi connectivity index (χ3n) is 2.99. The molecule has 1 heterocycles. The number of hydrogen-bond donors (Lipinski definition) is 2. The second kappa shape index (κ2) is 5.14. The Bertz CT molecular complexity index is 844. The maximum Gasteiger partial charge on any atom is 0.258 e. The zero-order valence-corrected chi connectivity index (χ0v) is 12.0. The molecule has 0 aliphatic rings. The summed E-state index contributed by atoms with van der Waals surface area (Å²) in [5, 5.41) is 3.63. The fraction of sp³-hybridized carbons (Fsp3) is 0.0667. The van der Waals surface area contributed by atoms with Crippen molar-refractivity contribution in [1.82, 2.24) is 4.98 Å². The van der Waals surface area contributed by atoms with E-state index in [1.54, 1.807) is 6.07 Å². The molecule has 3 rings (SSSR count). The molecule has 0 spiro atoms. The standard InChI is InChI=1S/C15H12FN3OS/c1-8-18-13-5-3-10(7-14(13)21-8)19-15(20)11-6-9(17)2-4-12(11)16/h2-7H,17H2,1H3,(H,19,20). The van der Waals surface area contributed by atoms with E-state index in [4.69, 9.17) is 5.73 Å².